The van der Waals surface area contributed by atoms with Gasteiger partial charge in [-0.2, -0.15) is 0 Å². The number of anilines is 4. The van der Waals surface area contributed by atoms with E-state index in [0.717, 1.165) is 241 Å². The first-order valence-corrected chi connectivity index (χ1v) is 48.3. The topological polar surface area (TPSA) is 341 Å². The SMILES string of the molecule is Cc1nccc(C2=NCc3nc(N4CCC5(CC4)Cc4ccccc4[C@H]5N)cnc32)c1Cl.Cc1nccc(C2=NCc3nc(N4CCC5(CC4)Cc4ccccc4[C@H]5N)cnc32)c1F.Cc1nccc(SC2=NCc3nc(N4CCC5(CC4)Cc4ccccc4[C@H]5N)c(CO)nc32)c1Cl.Cc1nccc(SC2=NCc3nc(N4CCC5(CC4)Cc4ccccc4[C@H]5N)cnc32)c1Cl. The average molecular weight is 1860 g/mol. The maximum atomic E-state index is 14.6. The van der Waals surface area contributed by atoms with Gasteiger partial charge >= 0.3 is 0 Å². The van der Waals surface area contributed by atoms with Crippen molar-refractivity contribution in [2.45, 2.75) is 171 Å². The Morgan fingerprint density at radius 2 is 0.697 bits per heavy atom. The van der Waals surface area contributed by atoms with Crippen molar-refractivity contribution in [1.29, 1.82) is 0 Å². The molecule has 4 saturated heterocycles. The van der Waals surface area contributed by atoms with Gasteiger partial charge < -0.3 is 47.6 Å². The highest BCUT2D eigenvalue weighted by atomic mass is 35.5. The second-order valence-electron chi connectivity index (χ2n) is 37.0. The lowest BCUT2D eigenvalue weighted by molar-refractivity contribution is 0.186. The molecule has 0 amide bonds. The van der Waals surface area contributed by atoms with Gasteiger partial charge in [0.1, 0.15) is 56.0 Å². The highest BCUT2D eigenvalue weighted by molar-refractivity contribution is 8.14. The predicted molar refractivity (Wildman–Crippen MR) is 520 cm³/mol. The van der Waals surface area contributed by atoms with Crippen molar-refractivity contribution in [2.75, 3.05) is 72.0 Å². The summed E-state index contributed by atoms with van der Waals surface area (Å²) in [4.78, 5) is 85.1. The third kappa shape index (κ3) is 16.0. The van der Waals surface area contributed by atoms with Crippen LogP contribution in [0, 0.1) is 55.2 Å². The van der Waals surface area contributed by atoms with Crippen LogP contribution >= 0.6 is 58.3 Å². The van der Waals surface area contributed by atoms with E-state index in [1.807, 2.05) is 51.4 Å². The van der Waals surface area contributed by atoms with Gasteiger partial charge in [0.25, 0.3) is 0 Å². The molecule has 9 N–H and O–H groups in total. The Balaban J connectivity index is 0.000000106. The lowest BCUT2D eigenvalue weighted by atomic mass is 9.73. The lowest BCUT2D eigenvalue weighted by Gasteiger charge is -2.43. The monoisotopic (exact) mass is 1850 g/mol. The van der Waals surface area contributed by atoms with Gasteiger partial charge in [-0.1, -0.05) is 155 Å². The number of aryl methyl sites for hydroxylation is 4. The van der Waals surface area contributed by atoms with Crippen molar-refractivity contribution in [3.8, 4) is 0 Å². The average Bonchev–Trinajstić information content (AvgIpc) is 1.55. The first-order valence-electron chi connectivity index (χ1n) is 45.6. The molecule has 8 aromatic heterocycles. The molecule has 12 aromatic rings. The number of aliphatic hydroxyl groups excluding tert-OH is 1. The fourth-order valence-electron chi connectivity index (χ4n) is 22.0. The zero-order valence-electron chi connectivity index (χ0n) is 74.1. The number of hydrogen-bond acceptors (Lipinski definition) is 27. The van der Waals surface area contributed by atoms with Crippen LogP contribution in [0.3, 0.4) is 0 Å². The Kier molecular flexibility index (Phi) is 23.7. The Morgan fingerprint density at radius 1 is 0.371 bits per heavy atom. The lowest BCUT2D eigenvalue weighted by Crippen LogP contribution is -2.45. The summed E-state index contributed by atoms with van der Waals surface area (Å²) >= 11 is 22.4. The van der Waals surface area contributed by atoms with Crippen molar-refractivity contribution in [1.82, 2.24) is 59.8 Å². The highest BCUT2D eigenvalue weighted by Gasteiger charge is 2.51. The number of nitrogens with zero attached hydrogens (tertiary/aromatic N) is 20. The first-order chi connectivity index (χ1) is 64.1. The van der Waals surface area contributed by atoms with Crippen LogP contribution in [0.25, 0.3) is 0 Å². The van der Waals surface area contributed by atoms with Crippen molar-refractivity contribution >= 4 is 103 Å². The summed E-state index contributed by atoms with van der Waals surface area (Å²) < 4.78 is 14.6. The molecule has 16 heterocycles. The second-order valence-corrected chi connectivity index (χ2v) is 40.2. The number of benzene rings is 4. The molecule has 132 heavy (non-hydrogen) atoms. The Labute approximate surface area is 790 Å². The Hall–Kier alpha value is -11.0. The van der Waals surface area contributed by atoms with E-state index in [0.29, 0.717) is 69.6 Å². The number of pyridine rings is 4. The van der Waals surface area contributed by atoms with Gasteiger partial charge in [0.15, 0.2) is 11.6 Å². The van der Waals surface area contributed by atoms with Gasteiger partial charge in [-0.15, -0.1) is 0 Å². The van der Waals surface area contributed by atoms with Crippen LogP contribution in [0.5, 0.6) is 0 Å². The van der Waals surface area contributed by atoms with Gasteiger partial charge in [-0.25, -0.2) is 44.3 Å². The predicted octanol–water partition coefficient (Wildman–Crippen LogP) is 16.5. The quantitative estimate of drug-likeness (QED) is 0.0896. The van der Waals surface area contributed by atoms with Crippen LogP contribution in [0.4, 0.5) is 27.7 Å². The van der Waals surface area contributed by atoms with Crippen LogP contribution in [0.2, 0.25) is 15.1 Å². The van der Waals surface area contributed by atoms with Crippen molar-refractivity contribution in [2.24, 2.45) is 64.6 Å². The minimum atomic E-state index is -0.347. The van der Waals surface area contributed by atoms with E-state index in [2.05, 4.69) is 157 Å². The number of aliphatic hydroxyl groups is 1. The highest BCUT2D eigenvalue weighted by Crippen LogP contribution is 2.56. The maximum absolute atomic E-state index is 14.6. The van der Waals surface area contributed by atoms with E-state index < -0.39 is 0 Å². The number of piperidine rings is 4. The number of hydrogen-bond donors (Lipinski definition) is 5. The van der Waals surface area contributed by atoms with Crippen molar-refractivity contribution in [3.63, 3.8) is 0 Å². The van der Waals surface area contributed by atoms with Gasteiger partial charge in [0.2, 0.25) is 0 Å². The third-order valence-electron chi connectivity index (χ3n) is 29.8. The summed E-state index contributed by atoms with van der Waals surface area (Å²) in [6.07, 6.45) is 25.0. The van der Waals surface area contributed by atoms with E-state index in [1.165, 1.54) is 68.0 Å². The normalized spacial score (nSPS) is 20.6. The van der Waals surface area contributed by atoms with Gasteiger partial charge in [0, 0.05) is 122 Å². The third-order valence-corrected chi connectivity index (χ3v) is 33.6. The van der Waals surface area contributed by atoms with E-state index in [-0.39, 0.29) is 58.3 Å². The molecule has 0 radical (unpaired) electrons. The molecule has 4 fully saturated rings. The number of aliphatic imine (C=N–C) groups is 4. The van der Waals surface area contributed by atoms with E-state index in [9.17, 15) is 9.50 Å². The number of halogens is 4. The number of aromatic nitrogens is 12. The second kappa shape index (κ2) is 35.7. The molecule has 24 rings (SSSR count). The fourth-order valence-corrected chi connectivity index (χ4v) is 24.6. The van der Waals surface area contributed by atoms with Crippen molar-refractivity contribution < 1.29 is 9.50 Å². The molecule has 672 valence electrons. The largest absolute Gasteiger partial charge is 0.390 e. The number of thioether (sulfide) groups is 2. The van der Waals surface area contributed by atoms with Crippen LogP contribution in [0.1, 0.15) is 205 Å². The van der Waals surface area contributed by atoms with Gasteiger partial charge in [-0.3, -0.25) is 39.9 Å². The van der Waals surface area contributed by atoms with Crippen LogP contribution in [0.15, 0.2) is 194 Å². The van der Waals surface area contributed by atoms with Gasteiger partial charge in [-0.05, 0) is 195 Å². The zero-order valence-corrected chi connectivity index (χ0v) is 78.0. The minimum absolute atomic E-state index is 0.0703. The Bertz CT molecular complexity index is 6490. The summed E-state index contributed by atoms with van der Waals surface area (Å²) in [5.74, 6) is 3.15. The molecule has 4 atom stereocenters. The zero-order chi connectivity index (χ0) is 90.5. The summed E-state index contributed by atoms with van der Waals surface area (Å²) in [6.45, 7) is 16.4. The molecule has 25 nitrogen and oxygen atoms in total. The van der Waals surface area contributed by atoms with E-state index in [1.54, 1.807) is 44.0 Å². The molecule has 12 aliphatic rings. The van der Waals surface area contributed by atoms with E-state index in [4.69, 9.17) is 97.6 Å². The molecular weight excluding hydrogens is 1750 g/mol. The minimum Gasteiger partial charge on any atom is -0.390 e. The fraction of sp³-hybridized carbons (Fsp3) is 0.366. The summed E-state index contributed by atoms with van der Waals surface area (Å²) in [5, 5.41) is 13.7. The molecule has 0 bridgehead atoms. The van der Waals surface area contributed by atoms with Crippen LogP contribution < -0.4 is 42.5 Å². The maximum Gasteiger partial charge on any atom is 0.153 e. The molecular formula is C101H102Cl3FN24OS2. The molecule has 4 aromatic carbocycles. The van der Waals surface area contributed by atoms with E-state index >= 15 is 0 Å². The molecule has 8 aliphatic heterocycles. The molecule has 0 unspecified atom stereocenters. The van der Waals surface area contributed by atoms with Gasteiger partial charge in [0.05, 0.1) is 123 Å². The number of fused-ring (bicyclic) bond motifs is 8. The summed E-state index contributed by atoms with van der Waals surface area (Å²) in [5.41, 5.74) is 50.9. The summed E-state index contributed by atoms with van der Waals surface area (Å²) in [7, 11) is 0. The number of nitrogens with two attached hydrogens (primary N) is 4. The molecule has 4 aliphatic carbocycles. The standard InChI is InChI=1S/C26H27ClN6OS.C25H25ClN6S.C25H25ClN6.C25H25FN6/c1-15-21(27)20(6-9-29-15)35-25-22-18(13-30-25)32-24(19(14-34)31-22)33-10-7-26(8-11-33)12-16-4-2-3-5-17(16)23(26)28;1-15-21(26)19(6-9-28-15)33-24-22-18(13-30-24)31-20(14-29-22)32-10-7-25(8-11-32)12-16-4-2-3-5-17(16)23(25)27;2*1-15-21(26)18(6-9-28-15)22-23-19(13-29-22)31-20(14-30-23)32-10-7-25(8-11-32)12-16-4-2-3-5-17(16)24(25)27/h2-6,9,23,34H,7-8,10-14,28H2,1H3;2-6,9,14,23H,7-8,10-13,27H2,1H3;2*2-6,9,14,24H,7-8,10-13,27H2,1H3/t2*23-;2*24-/m1111/s1. The summed E-state index contributed by atoms with van der Waals surface area (Å²) in [6, 6.07) is 42.2. The van der Waals surface area contributed by atoms with Crippen LogP contribution in [-0.2, 0) is 58.5 Å². The smallest absolute Gasteiger partial charge is 0.153 e. The van der Waals surface area contributed by atoms with Crippen molar-refractivity contribution in [3.05, 3.63) is 315 Å². The molecule has 31 heteroatoms. The van der Waals surface area contributed by atoms with Crippen LogP contribution in [-0.4, -0.2) is 139 Å². The first kappa shape index (κ1) is 87.6. The Morgan fingerprint density at radius 3 is 1.10 bits per heavy atom. The molecule has 0 saturated carbocycles. The number of rotatable bonds is 9. The molecule has 4 spiro atoms.